The molecule has 0 bridgehead atoms. The Morgan fingerprint density at radius 2 is 1.94 bits per heavy atom. The van der Waals surface area contributed by atoms with Gasteiger partial charge >= 0.3 is 0 Å². The van der Waals surface area contributed by atoms with E-state index >= 15 is 0 Å². The fourth-order valence-corrected chi connectivity index (χ4v) is 1.67. The Hall–Kier alpha value is -1.38. The number of benzene rings is 1. The maximum absolute atomic E-state index is 13.1. The molecule has 0 fully saturated rings. The Bertz CT molecular complexity index is 393. The molecular weight excluding hydrogens is 234 g/mol. The van der Waals surface area contributed by atoms with Crippen molar-refractivity contribution in [2.24, 2.45) is 0 Å². The van der Waals surface area contributed by atoms with E-state index in [1.165, 1.54) is 12.1 Å². The van der Waals surface area contributed by atoms with Crippen molar-refractivity contribution >= 4 is 5.76 Å². The van der Waals surface area contributed by atoms with Gasteiger partial charge in [-0.1, -0.05) is 19.8 Å². The lowest BCUT2D eigenvalue weighted by Crippen LogP contribution is -2.08. The molecule has 0 heterocycles. The summed E-state index contributed by atoms with van der Waals surface area (Å²) in [5.74, 6) is -0.756. The quantitative estimate of drug-likeness (QED) is 0.666. The van der Waals surface area contributed by atoms with Gasteiger partial charge in [-0.05, 0) is 38.5 Å². The molecule has 1 rings (SSSR count). The minimum atomic E-state index is -0.609. The Kier molecular flexibility index (Phi) is 5.83. The molecule has 0 aromatic heterocycles. The van der Waals surface area contributed by atoms with Crippen molar-refractivity contribution in [2.75, 3.05) is 0 Å². The molecule has 1 unspecified atom stereocenters. The summed E-state index contributed by atoms with van der Waals surface area (Å²) in [6.07, 6.45) is 4.39. The molecule has 3 heteroatoms. The van der Waals surface area contributed by atoms with Gasteiger partial charge in [-0.2, -0.15) is 0 Å². The van der Waals surface area contributed by atoms with Crippen LogP contribution >= 0.6 is 0 Å². The van der Waals surface area contributed by atoms with Gasteiger partial charge in [0.1, 0.15) is 17.4 Å². The van der Waals surface area contributed by atoms with E-state index < -0.39 is 11.6 Å². The van der Waals surface area contributed by atoms with Crippen LogP contribution in [0, 0.1) is 18.6 Å². The van der Waals surface area contributed by atoms with Crippen molar-refractivity contribution in [1.29, 1.82) is 0 Å². The molecule has 0 saturated carbocycles. The molecule has 0 spiro atoms. The minimum Gasteiger partial charge on any atom is -0.490 e. The first-order chi connectivity index (χ1) is 8.56. The number of ether oxygens (including phenoxy) is 1. The highest BCUT2D eigenvalue weighted by Crippen LogP contribution is 2.21. The fourth-order valence-electron chi connectivity index (χ4n) is 1.67. The van der Waals surface area contributed by atoms with Crippen molar-refractivity contribution in [1.82, 2.24) is 0 Å². The molecular formula is C15H19F2O. The summed E-state index contributed by atoms with van der Waals surface area (Å²) in [7, 11) is 0. The fraction of sp³-hybridized carbons (Fsp3) is 0.400. The summed E-state index contributed by atoms with van der Waals surface area (Å²) in [4.78, 5) is 0. The third-order valence-electron chi connectivity index (χ3n) is 2.58. The van der Waals surface area contributed by atoms with Crippen molar-refractivity contribution in [3.63, 3.8) is 0 Å². The maximum atomic E-state index is 13.1. The average Bonchev–Trinajstić information content (AvgIpc) is 2.32. The second-order valence-corrected chi connectivity index (χ2v) is 4.19. The molecule has 99 valence electrons. The highest BCUT2D eigenvalue weighted by molar-refractivity contribution is 5.59. The molecule has 18 heavy (non-hydrogen) atoms. The second kappa shape index (κ2) is 7.14. The van der Waals surface area contributed by atoms with Crippen molar-refractivity contribution in [3.8, 4) is 0 Å². The molecule has 0 saturated heterocycles. The first-order valence-corrected chi connectivity index (χ1v) is 6.19. The van der Waals surface area contributed by atoms with Gasteiger partial charge in [-0.25, -0.2) is 8.78 Å². The highest BCUT2D eigenvalue weighted by Gasteiger charge is 2.10. The van der Waals surface area contributed by atoms with E-state index in [1.807, 2.05) is 0 Å². The molecule has 0 amide bonds. The van der Waals surface area contributed by atoms with Crippen LogP contribution in [0.3, 0.4) is 0 Å². The SMILES string of the molecule is [CH2]C(CCCC)OC(=CC)c1cc(F)cc(F)c1. The van der Waals surface area contributed by atoms with Crippen LogP contribution in [0.15, 0.2) is 24.3 Å². The van der Waals surface area contributed by atoms with Gasteiger partial charge in [-0.15, -0.1) is 0 Å². The molecule has 1 radical (unpaired) electrons. The van der Waals surface area contributed by atoms with Crippen LogP contribution in [-0.2, 0) is 4.74 Å². The third kappa shape index (κ3) is 4.47. The molecule has 0 aliphatic rings. The summed E-state index contributed by atoms with van der Waals surface area (Å²) < 4.78 is 31.9. The van der Waals surface area contributed by atoms with Crippen molar-refractivity contribution in [2.45, 2.75) is 39.2 Å². The van der Waals surface area contributed by atoms with Gasteiger partial charge in [0.15, 0.2) is 0 Å². The average molecular weight is 253 g/mol. The van der Waals surface area contributed by atoms with Gasteiger partial charge in [0, 0.05) is 11.6 Å². The van der Waals surface area contributed by atoms with Gasteiger partial charge < -0.3 is 4.74 Å². The first kappa shape index (κ1) is 14.7. The Morgan fingerprint density at radius 1 is 1.33 bits per heavy atom. The van der Waals surface area contributed by atoms with E-state index in [1.54, 1.807) is 13.0 Å². The summed E-state index contributed by atoms with van der Waals surface area (Å²) in [5.41, 5.74) is 0.403. The van der Waals surface area contributed by atoms with E-state index in [0.717, 1.165) is 25.3 Å². The van der Waals surface area contributed by atoms with Gasteiger partial charge in [-0.3, -0.25) is 0 Å². The Labute approximate surface area is 107 Å². The van der Waals surface area contributed by atoms with Gasteiger partial charge in [0.25, 0.3) is 0 Å². The Balaban J connectivity index is 2.77. The predicted molar refractivity (Wildman–Crippen MR) is 69.8 cm³/mol. The number of rotatable bonds is 6. The van der Waals surface area contributed by atoms with Crippen LogP contribution in [0.1, 0.15) is 38.7 Å². The highest BCUT2D eigenvalue weighted by atomic mass is 19.1. The van der Waals surface area contributed by atoms with Crippen LogP contribution in [0.25, 0.3) is 5.76 Å². The van der Waals surface area contributed by atoms with E-state index in [4.69, 9.17) is 4.74 Å². The lowest BCUT2D eigenvalue weighted by Gasteiger charge is -2.17. The van der Waals surface area contributed by atoms with Crippen LogP contribution in [0.4, 0.5) is 8.78 Å². The largest absolute Gasteiger partial charge is 0.490 e. The number of unbranched alkanes of at least 4 members (excludes halogenated alkanes) is 1. The van der Waals surface area contributed by atoms with E-state index in [-0.39, 0.29) is 6.10 Å². The van der Waals surface area contributed by atoms with Crippen LogP contribution in [0.2, 0.25) is 0 Å². The molecule has 1 atom stereocenters. The van der Waals surface area contributed by atoms with E-state index in [2.05, 4.69) is 13.8 Å². The monoisotopic (exact) mass is 253 g/mol. The summed E-state index contributed by atoms with van der Waals surface area (Å²) in [6.45, 7) is 7.74. The third-order valence-corrected chi connectivity index (χ3v) is 2.58. The molecule has 1 aromatic carbocycles. The van der Waals surface area contributed by atoms with Crippen LogP contribution < -0.4 is 0 Å². The lowest BCUT2D eigenvalue weighted by atomic mass is 10.1. The Morgan fingerprint density at radius 3 is 2.44 bits per heavy atom. The summed E-state index contributed by atoms with van der Waals surface area (Å²) >= 11 is 0. The van der Waals surface area contributed by atoms with Crippen molar-refractivity contribution in [3.05, 3.63) is 48.4 Å². The van der Waals surface area contributed by atoms with Gasteiger partial charge in [0.05, 0.1) is 6.10 Å². The lowest BCUT2D eigenvalue weighted by molar-refractivity contribution is 0.195. The van der Waals surface area contributed by atoms with Gasteiger partial charge in [0.2, 0.25) is 0 Å². The normalized spacial score (nSPS) is 13.5. The van der Waals surface area contributed by atoms with E-state index in [0.29, 0.717) is 11.3 Å². The minimum absolute atomic E-state index is 0.206. The van der Waals surface area contributed by atoms with Crippen LogP contribution in [0.5, 0.6) is 0 Å². The molecule has 0 N–H and O–H groups in total. The van der Waals surface area contributed by atoms with Crippen molar-refractivity contribution < 1.29 is 13.5 Å². The number of halogens is 2. The topological polar surface area (TPSA) is 9.23 Å². The standard InChI is InChI=1S/C15H19F2O/c1-4-6-7-11(3)18-15(5-2)12-8-13(16)10-14(17)9-12/h5,8-11H,3-4,6-7H2,1-2H3. The number of hydrogen-bond acceptors (Lipinski definition) is 1. The molecule has 1 aromatic rings. The molecule has 0 aliphatic heterocycles. The zero-order chi connectivity index (χ0) is 13.5. The predicted octanol–water partition coefficient (Wildman–Crippen LogP) is 4.74. The smallest absolute Gasteiger partial charge is 0.126 e. The zero-order valence-electron chi connectivity index (χ0n) is 10.9. The zero-order valence-corrected chi connectivity index (χ0v) is 10.9. The summed E-state index contributed by atoms with van der Waals surface area (Å²) in [5, 5.41) is 0. The first-order valence-electron chi connectivity index (χ1n) is 6.19. The number of allylic oxidation sites excluding steroid dienone is 1. The molecule has 0 aliphatic carbocycles. The maximum Gasteiger partial charge on any atom is 0.126 e. The number of hydrogen-bond donors (Lipinski definition) is 0. The summed E-state index contributed by atoms with van der Waals surface area (Å²) in [6, 6.07) is 3.35. The second-order valence-electron chi connectivity index (χ2n) is 4.19. The van der Waals surface area contributed by atoms with Crippen LogP contribution in [-0.4, -0.2) is 6.10 Å². The molecule has 1 nitrogen and oxygen atoms in total. The van der Waals surface area contributed by atoms with E-state index in [9.17, 15) is 8.78 Å².